The number of anilines is 1. The van der Waals surface area contributed by atoms with E-state index in [9.17, 15) is 19.7 Å². The molecule has 8 nitrogen and oxygen atoms in total. The van der Waals surface area contributed by atoms with E-state index in [-0.39, 0.29) is 22.2 Å². The Balaban J connectivity index is 1.32. The fraction of sp³-hybridized carbons (Fsp3) is 0.615. The number of aromatic nitrogens is 1. The molecule has 0 atom stereocenters. The maximum absolute atomic E-state index is 13.5. The molecule has 0 spiro atoms. The van der Waals surface area contributed by atoms with Crippen molar-refractivity contribution < 1.29 is 14.5 Å². The molecule has 0 aliphatic heterocycles. The number of aryl methyl sites for hydroxylation is 1. The second-order valence-electron chi connectivity index (χ2n) is 17.5. The molecular weight excluding hydrogens is 745 g/mol. The van der Waals surface area contributed by atoms with Gasteiger partial charge >= 0.3 is 0 Å². The first-order valence-corrected chi connectivity index (χ1v) is 24.0. The highest BCUT2D eigenvalue weighted by Gasteiger charge is 2.17. The average Bonchev–Trinajstić information content (AvgIpc) is 3.57. The minimum Gasteiger partial charge on any atom is -0.373 e. The number of carbonyl (C=O) groups is 2. The summed E-state index contributed by atoms with van der Waals surface area (Å²) in [6.07, 6.45) is 27.9. The van der Waals surface area contributed by atoms with Crippen LogP contribution < -0.4 is 4.90 Å². The van der Waals surface area contributed by atoms with Crippen molar-refractivity contribution >= 4 is 44.7 Å². The number of nitro benzene ring substituents is 1. The molecule has 0 fully saturated rings. The van der Waals surface area contributed by atoms with Crippen molar-refractivity contribution in [1.82, 2.24) is 9.47 Å². The van der Waals surface area contributed by atoms with Gasteiger partial charge < -0.3 is 14.4 Å². The van der Waals surface area contributed by atoms with E-state index in [4.69, 9.17) is 0 Å². The first-order chi connectivity index (χ1) is 29.2. The maximum Gasteiger partial charge on any atom is 0.269 e. The molecule has 0 aliphatic rings. The van der Waals surface area contributed by atoms with Crippen molar-refractivity contribution in [2.24, 2.45) is 0 Å². The average molecular weight is 823 g/mol. The smallest absolute Gasteiger partial charge is 0.269 e. The third-order valence-electron chi connectivity index (χ3n) is 12.5. The van der Waals surface area contributed by atoms with Gasteiger partial charge in [-0.3, -0.25) is 19.7 Å². The molecule has 1 aromatic heterocycles. The standard InChI is InChI=1S/C52H78N4O4/c1-5-7-9-11-13-15-17-19-23-27-51(57)43-29-35-49-47(41-43)48-42-44(52(58)28-24-20-18-16-14-12-10-8-6-2)30-36-50(48)55(49)38-26-22-21-25-37-53(3)39-40-54(4)45-31-33-46(34-32-45)56(59)60/h29-36,41-42H,5-28,37-40H2,1-4H3. The first kappa shape index (κ1) is 48.6. The molecule has 0 aliphatic carbocycles. The summed E-state index contributed by atoms with van der Waals surface area (Å²) in [5.41, 5.74) is 4.96. The Hall–Kier alpha value is -4.04. The van der Waals surface area contributed by atoms with Gasteiger partial charge in [0, 0.05) is 90.3 Å². The predicted octanol–water partition coefficient (Wildman–Crippen LogP) is 14.5. The van der Waals surface area contributed by atoms with Crippen molar-refractivity contribution in [3.8, 4) is 0 Å². The second kappa shape index (κ2) is 27.7. The van der Waals surface area contributed by atoms with Crippen molar-refractivity contribution in [2.75, 3.05) is 38.6 Å². The number of carbonyl (C=O) groups excluding carboxylic acids is 2. The number of likely N-dealkylation sites (N-methyl/N-ethyl adjacent to an activating group) is 2. The van der Waals surface area contributed by atoms with Crippen molar-refractivity contribution in [3.05, 3.63) is 81.9 Å². The SMILES string of the molecule is CCCCCCCCCCCC(=O)c1ccc2c(c1)c1cc(C(=O)CCCCCCCCCCC)ccc1n2CCCCCCN(C)CCN(C)c1ccc([N+](=O)[O-])cc1. The monoisotopic (exact) mass is 823 g/mol. The molecule has 0 amide bonds. The molecule has 0 bridgehead atoms. The quantitative estimate of drug-likeness (QED) is 0.0202. The Bertz CT molecular complexity index is 1770. The van der Waals surface area contributed by atoms with E-state index in [0.29, 0.717) is 12.8 Å². The highest BCUT2D eigenvalue weighted by atomic mass is 16.6. The molecular formula is C52H78N4O4. The normalized spacial score (nSPS) is 11.6. The van der Waals surface area contributed by atoms with Gasteiger partial charge in [-0.2, -0.15) is 0 Å². The fourth-order valence-corrected chi connectivity index (χ4v) is 8.57. The van der Waals surface area contributed by atoms with Crippen LogP contribution in [0.15, 0.2) is 60.7 Å². The lowest BCUT2D eigenvalue weighted by molar-refractivity contribution is -0.384. The molecule has 3 aromatic carbocycles. The van der Waals surface area contributed by atoms with Crippen LogP contribution in [-0.2, 0) is 6.54 Å². The van der Waals surface area contributed by atoms with Gasteiger partial charge in [-0.15, -0.1) is 0 Å². The summed E-state index contributed by atoms with van der Waals surface area (Å²) in [5, 5.41) is 13.2. The Kier molecular flexibility index (Phi) is 22.5. The number of nitrogens with zero attached hydrogens (tertiary/aromatic N) is 4. The van der Waals surface area contributed by atoms with Gasteiger partial charge in [0.2, 0.25) is 0 Å². The van der Waals surface area contributed by atoms with Crippen molar-refractivity contribution in [2.45, 2.75) is 174 Å². The molecule has 0 N–H and O–H groups in total. The van der Waals surface area contributed by atoms with Crippen LogP contribution in [0.1, 0.15) is 189 Å². The van der Waals surface area contributed by atoms with Gasteiger partial charge in [0.1, 0.15) is 0 Å². The summed E-state index contributed by atoms with van der Waals surface area (Å²) < 4.78 is 2.41. The number of Topliss-reactive ketones (excluding diaryl/α,β-unsaturated/α-hetero) is 2. The summed E-state index contributed by atoms with van der Waals surface area (Å²) in [6.45, 7) is 8.20. The van der Waals surface area contributed by atoms with Gasteiger partial charge in [-0.05, 0) is 87.8 Å². The third kappa shape index (κ3) is 16.4. The van der Waals surface area contributed by atoms with E-state index < -0.39 is 0 Å². The minimum absolute atomic E-state index is 0.114. The number of unbranched alkanes of at least 4 members (excludes halogenated alkanes) is 19. The molecule has 4 rings (SSSR count). The van der Waals surface area contributed by atoms with E-state index in [0.717, 1.165) is 116 Å². The molecule has 0 unspecified atom stereocenters. The minimum atomic E-state index is -0.363. The lowest BCUT2D eigenvalue weighted by atomic mass is 9.99. The molecule has 0 saturated heterocycles. The summed E-state index contributed by atoms with van der Waals surface area (Å²) in [5.74, 6) is 0.447. The highest BCUT2D eigenvalue weighted by Crippen LogP contribution is 2.32. The molecule has 0 radical (unpaired) electrons. The second-order valence-corrected chi connectivity index (χ2v) is 17.5. The summed E-state index contributed by atoms with van der Waals surface area (Å²) in [4.78, 5) is 42.1. The largest absolute Gasteiger partial charge is 0.373 e. The van der Waals surface area contributed by atoms with Crippen LogP contribution in [-0.4, -0.2) is 59.7 Å². The zero-order valence-electron chi connectivity index (χ0n) is 38.0. The highest BCUT2D eigenvalue weighted by molar-refractivity contribution is 6.13. The van der Waals surface area contributed by atoms with E-state index in [1.54, 1.807) is 12.1 Å². The number of hydrogen-bond donors (Lipinski definition) is 0. The molecule has 8 heteroatoms. The fourth-order valence-electron chi connectivity index (χ4n) is 8.57. The van der Waals surface area contributed by atoms with Crippen LogP contribution in [0.5, 0.6) is 0 Å². The van der Waals surface area contributed by atoms with E-state index in [1.165, 1.54) is 89.9 Å². The van der Waals surface area contributed by atoms with Crippen LogP contribution in [0.3, 0.4) is 0 Å². The van der Waals surface area contributed by atoms with Gasteiger partial charge in [-0.25, -0.2) is 0 Å². The lowest BCUT2D eigenvalue weighted by Gasteiger charge is -2.23. The molecule has 0 saturated carbocycles. The van der Waals surface area contributed by atoms with Crippen LogP contribution in [0.2, 0.25) is 0 Å². The molecule has 60 heavy (non-hydrogen) atoms. The number of rotatable bonds is 34. The summed E-state index contributed by atoms with van der Waals surface area (Å²) in [7, 11) is 4.19. The predicted molar refractivity (Wildman–Crippen MR) is 254 cm³/mol. The topological polar surface area (TPSA) is 88.7 Å². The number of ketones is 2. The Morgan fingerprint density at radius 1 is 0.533 bits per heavy atom. The number of fused-ring (bicyclic) bond motifs is 3. The first-order valence-electron chi connectivity index (χ1n) is 24.0. The van der Waals surface area contributed by atoms with Gasteiger partial charge in [0.25, 0.3) is 5.69 Å². The third-order valence-corrected chi connectivity index (χ3v) is 12.5. The van der Waals surface area contributed by atoms with E-state index in [2.05, 4.69) is 59.5 Å². The number of hydrogen-bond acceptors (Lipinski definition) is 6. The molecule has 330 valence electrons. The van der Waals surface area contributed by atoms with Crippen LogP contribution in [0.4, 0.5) is 11.4 Å². The Labute approximate surface area is 362 Å². The zero-order chi connectivity index (χ0) is 43.0. The maximum atomic E-state index is 13.5. The van der Waals surface area contributed by atoms with Crippen LogP contribution >= 0.6 is 0 Å². The molecule has 1 heterocycles. The van der Waals surface area contributed by atoms with Crippen LogP contribution in [0, 0.1) is 10.1 Å². The Morgan fingerprint density at radius 2 is 0.967 bits per heavy atom. The summed E-state index contributed by atoms with van der Waals surface area (Å²) in [6, 6.07) is 19.3. The van der Waals surface area contributed by atoms with Gasteiger partial charge in [0.05, 0.1) is 4.92 Å². The van der Waals surface area contributed by atoms with Gasteiger partial charge in [-0.1, -0.05) is 129 Å². The van der Waals surface area contributed by atoms with E-state index >= 15 is 0 Å². The number of benzene rings is 3. The number of non-ortho nitro benzene ring substituents is 1. The number of nitro groups is 1. The van der Waals surface area contributed by atoms with Crippen molar-refractivity contribution in [3.63, 3.8) is 0 Å². The Morgan fingerprint density at radius 3 is 1.43 bits per heavy atom. The summed E-state index contributed by atoms with van der Waals surface area (Å²) >= 11 is 0. The zero-order valence-corrected chi connectivity index (χ0v) is 38.0. The van der Waals surface area contributed by atoms with E-state index in [1.807, 2.05) is 31.3 Å². The molecule has 4 aromatic rings. The van der Waals surface area contributed by atoms with Crippen LogP contribution in [0.25, 0.3) is 21.8 Å². The van der Waals surface area contributed by atoms with Gasteiger partial charge in [0.15, 0.2) is 11.6 Å². The van der Waals surface area contributed by atoms with Crippen molar-refractivity contribution in [1.29, 1.82) is 0 Å². The lowest BCUT2D eigenvalue weighted by Crippen LogP contribution is -2.31.